The van der Waals surface area contributed by atoms with Crippen molar-refractivity contribution in [1.29, 1.82) is 5.26 Å². The molecule has 0 aliphatic heterocycles. The van der Waals surface area contributed by atoms with Crippen molar-refractivity contribution in [2.45, 2.75) is 31.9 Å². The van der Waals surface area contributed by atoms with Crippen LogP contribution in [0.5, 0.6) is 0 Å². The average Bonchev–Trinajstić information content (AvgIpc) is 3.44. The molecule has 1 atom stereocenters. The highest BCUT2D eigenvalue weighted by atomic mass is 32.1. The molecular weight excluding hydrogens is 444 g/mol. The number of rotatable bonds is 6. The zero-order valence-corrected chi connectivity index (χ0v) is 18.7. The normalized spacial score (nSPS) is 15.0. The van der Waals surface area contributed by atoms with E-state index in [2.05, 4.69) is 21.7 Å². The number of anilines is 1. The second-order valence-electron chi connectivity index (χ2n) is 7.14. The molecule has 162 valence electrons. The number of hydrogen-bond donors (Lipinski definition) is 2. The van der Waals surface area contributed by atoms with Crippen LogP contribution in [0.25, 0.3) is 6.08 Å². The zero-order valence-electron chi connectivity index (χ0n) is 17.0. The number of carbonyl (C=O) groups excluding carboxylic acids is 2. The first kappa shape index (κ1) is 21.7. The zero-order chi connectivity index (χ0) is 22.3. The van der Waals surface area contributed by atoms with Crippen molar-refractivity contribution in [3.8, 4) is 6.07 Å². The van der Waals surface area contributed by atoms with E-state index in [9.17, 15) is 14.9 Å². The number of ether oxygens (including phenoxy) is 1. The molecule has 3 aromatic heterocycles. The summed E-state index contributed by atoms with van der Waals surface area (Å²) in [4.78, 5) is 30.4. The van der Waals surface area contributed by atoms with Gasteiger partial charge in [-0.1, -0.05) is 12.1 Å². The maximum absolute atomic E-state index is 12.3. The van der Waals surface area contributed by atoms with Gasteiger partial charge in [0.05, 0.1) is 5.56 Å². The summed E-state index contributed by atoms with van der Waals surface area (Å²) in [5.74, 6) is -0.281. The van der Waals surface area contributed by atoms with Crippen molar-refractivity contribution in [2.75, 3.05) is 5.32 Å². The third-order valence-electron chi connectivity index (χ3n) is 4.94. The molecule has 3 aromatic rings. The highest BCUT2D eigenvalue weighted by Gasteiger charge is 2.28. The molecule has 9 heteroatoms. The third-order valence-corrected chi connectivity index (χ3v) is 6.95. The highest BCUT2D eigenvalue weighted by molar-refractivity contribution is 7.16. The second kappa shape index (κ2) is 10.2. The molecule has 32 heavy (non-hydrogen) atoms. The maximum Gasteiger partial charge on any atom is 0.407 e. The molecular formula is C23H20N4O3S2. The third kappa shape index (κ3) is 5.41. The highest BCUT2D eigenvalue weighted by Crippen LogP contribution is 2.38. The molecule has 2 N–H and O–H groups in total. The molecule has 4 rings (SSSR count). The summed E-state index contributed by atoms with van der Waals surface area (Å²) >= 11 is 2.92. The summed E-state index contributed by atoms with van der Waals surface area (Å²) < 4.78 is 5.57. The predicted octanol–water partition coefficient (Wildman–Crippen LogP) is 4.51. The summed E-state index contributed by atoms with van der Waals surface area (Å²) in [6, 6.07) is 9.74. The largest absolute Gasteiger partial charge is 0.446 e. The van der Waals surface area contributed by atoms with Crippen LogP contribution in [0.1, 0.15) is 32.9 Å². The molecule has 0 spiro atoms. The summed E-state index contributed by atoms with van der Waals surface area (Å²) in [7, 11) is 0. The Kier molecular flexibility index (Phi) is 6.94. The summed E-state index contributed by atoms with van der Waals surface area (Å²) in [5.41, 5.74) is 2.33. The Bertz CT molecular complexity index is 1160. The van der Waals surface area contributed by atoms with Gasteiger partial charge in [-0.15, -0.1) is 22.7 Å². The number of thiophene rings is 2. The number of hydrogen-bond acceptors (Lipinski definition) is 7. The Morgan fingerprint density at radius 3 is 3.00 bits per heavy atom. The lowest BCUT2D eigenvalue weighted by Gasteiger charge is -2.22. The lowest BCUT2D eigenvalue weighted by molar-refractivity contribution is -0.111. The fraction of sp³-hybridized carbons (Fsp3) is 0.217. The van der Waals surface area contributed by atoms with Crippen LogP contribution in [-0.2, 0) is 28.9 Å². The Morgan fingerprint density at radius 2 is 2.25 bits per heavy atom. The van der Waals surface area contributed by atoms with E-state index in [0.29, 0.717) is 36.4 Å². The molecule has 1 aliphatic rings. The number of nitriles is 1. The van der Waals surface area contributed by atoms with Gasteiger partial charge < -0.3 is 15.4 Å². The van der Waals surface area contributed by atoms with Gasteiger partial charge in [0.25, 0.3) is 0 Å². The number of alkyl carbamates (subject to hydrolysis) is 1. The van der Waals surface area contributed by atoms with Crippen LogP contribution in [0.4, 0.5) is 9.80 Å². The molecule has 0 fully saturated rings. The fourth-order valence-corrected chi connectivity index (χ4v) is 5.31. The number of carbonyl (C=O) groups is 2. The van der Waals surface area contributed by atoms with Crippen LogP contribution in [0.3, 0.4) is 0 Å². The quantitative estimate of drug-likeness (QED) is 0.522. The summed E-state index contributed by atoms with van der Waals surface area (Å²) in [5, 5.41) is 17.7. The van der Waals surface area contributed by atoms with E-state index >= 15 is 0 Å². The lowest BCUT2D eigenvalue weighted by Crippen LogP contribution is -2.31. The van der Waals surface area contributed by atoms with Gasteiger partial charge in [0.1, 0.15) is 17.2 Å². The van der Waals surface area contributed by atoms with Crippen molar-refractivity contribution in [1.82, 2.24) is 10.3 Å². The average molecular weight is 465 g/mol. The Morgan fingerprint density at radius 1 is 1.34 bits per heavy atom. The lowest BCUT2D eigenvalue weighted by atomic mass is 9.94. The van der Waals surface area contributed by atoms with E-state index in [1.54, 1.807) is 29.8 Å². The minimum Gasteiger partial charge on any atom is -0.446 e. The fourth-order valence-electron chi connectivity index (χ4n) is 3.43. The molecule has 0 saturated heterocycles. The molecule has 7 nitrogen and oxygen atoms in total. The van der Waals surface area contributed by atoms with E-state index < -0.39 is 6.09 Å². The van der Waals surface area contributed by atoms with E-state index in [1.165, 1.54) is 17.4 Å². The minimum absolute atomic E-state index is 0.274. The second-order valence-corrected chi connectivity index (χ2v) is 9.23. The van der Waals surface area contributed by atoms with Crippen molar-refractivity contribution in [3.63, 3.8) is 0 Å². The van der Waals surface area contributed by atoms with Crippen molar-refractivity contribution in [2.24, 2.45) is 0 Å². The topological polar surface area (TPSA) is 104 Å². The summed E-state index contributed by atoms with van der Waals surface area (Å²) in [6.45, 7) is 0.345. The van der Waals surface area contributed by atoms with Crippen LogP contribution in [0.15, 0.2) is 48.1 Å². The molecule has 0 radical (unpaired) electrons. The van der Waals surface area contributed by atoms with Gasteiger partial charge in [-0.05, 0) is 47.6 Å². The minimum atomic E-state index is -0.480. The van der Waals surface area contributed by atoms with Gasteiger partial charge in [0.2, 0.25) is 5.91 Å². The van der Waals surface area contributed by atoms with Gasteiger partial charge in [-0.25, -0.2) is 4.79 Å². The van der Waals surface area contributed by atoms with Gasteiger partial charge in [0.15, 0.2) is 0 Å². The van der Waals surface area contributed by atoms with Crippen molar-refractivity contribution < 1.29 is 14.3 Å². The maximum atomic E-state index is 12.3. The van der Waals surface area contributed by atoms with E-state index in [-0.39, 0.29) is 12.0 Å². The molecule has 0 saturated carbocycles. The molecule has 2 amide bonds. The van der Waals surface area contributed by atoms with E-state index in [1.807, 2.05) is 29.6 Å². The summed E-state index contributed by atoms with van der Waals surface area (Å²) in [6.07, 6.45) is 7.59. The number of nitrogens with zero attached hydrogens (tertiary/aromatic N) is 2. The van der Waals surface area contributed by atoms with E-state index in [0.717, 1.165) is 20.9 Å². The van der Waals surface area contributed by atoms with Gasteiger partial charge >= 0.3 is 6.09 Å². The molecule has 0 aromatic carbocycles. The first-order chi connectivity index (χ1) is 15.6. The van der Waals surface area contributed by atoms with Crippen LogP contribution in [0, 0.1) is 11.3 Å². The molecule has 1 aliphatic carbocycles. The van der Waals surface area contributed by atoms with Crippen LogP contribution in [0.2, 0.25) is 0 Å². The van der Waals surface area contributed by atoms with Crippen molar-refractivity contribution in [3.05, 3.63) is 74.6 Å². The number of nitrogens with one attached hydrogen (secondary N) is 2. The van der Waals surface area contributed by atoms with Gasteiger partial charge in [-0.2, -0.15) is 5.26 Å². The SMILES string of the molecule is N#Cc1c(NC(=O)/C=C/c2cccs2)sc2c1CCC(OC(=O)NCc1cccnc1)C2. The Hall–Kier alpha value is -3.48. The number of aromatic nitrogens is 1. The van der Waals surface area contributed by atoms with Crippen LogP contribution >= 0.6 is 22.7 Å². The molecule has 3 heterocycles. The van der Waals surface area contributed by atoms with Gasteiger partial charge in [0, 0.05) is 41.2 Å². The van der Waals surface area contributed by atoms with Crippen molar-refractivity contribution >= 4 is 45.8 Å². The molecule has 1 unspecified atom stereocenters. The molecule has 0 bridgehead atoms. The van der Waals surface area contributed by atoms with Crippen LogP contribution < -0.4 is 10.6 Å². The number of pyridine rings is 1. The first-order valence-corrected chi connectivity index (χ1v) is 11.7. The Labute approximate surface area is 193 Å². The number of amides is 2. The predicted molar refractivity (Wildman–Crippen MR) is 124 cm³/mol. The number of fused-ring (bicyclic) bond motifs is 1. The van der Waals surface area contributed by atoms with Gasteiger partial charge in [-0.3, -0.25) is 9.78 Å². The smallest absolute Gasteiger partial charge is 0.407 e. The van der Waals surface area contributed by atoms with Crippen LogP contribution in [-0.4, -0.2) is 23.1 Å². The standard InChI is InChI=1S/C23H20N4O3S2/c24-12-19-18-7-5-16(30-23(29)26-14-15-3-1-9-25-13-15)11-20(18)32-22(19)27-21(28)8-6-17-4-2-10-31-17/h1-4,6,8-10,13,16H,5,7,11,14H2,(H,26,29)(H,27,28)/b8-6+. The van der Waals surface area contributed by atoms with E-state index in [4.69, 9.17) is 4.74 Å². The first-order valence-electron chi connectivity index (χ1n) is 10.0. The Balaban J connectivity index is 1.36. The monoisotopic (exact) mass is 464 g/mol.